The van der Waals surface area contributed by atoms with Gasteiger partial charge in [-0.1, -0.05) is 38.5 Å². The molecule has 0 amide bonds. The molecule has 0 saturated carbocycles. The lowest BCUT2D eigenvalue weighted by Crippen LogP contribution is -2.62. The fourth-order valence-electron chi connectivity index (χ4n) is 2.92. The summed E-state index contributed by atoms with van der Waals surface area (Å²) in [6, 6.07) is 9.49. The maximum Gasteiger partial charge on any atom is 0.0402 e. The van der Waals surface area contributed by atoms with E-state index in [1.165, 1.54) is 30.5 Å². The molecule has 2 unspecified atom stereocenters. The number of nitrogens with one attached hydrogen (secondary N) is 1. The van der Waals surface area contributed by atoms with Crippen LogP contribution >= 0.6 is 0 Å². The van der Waals surface area contributed by atoms with E-state index in [1.807, 2.05) is 0 Å². The monoisotopic (exact) mass is 260 g/mol. The molecule has 1 aliphatic rings. The predicted octanol–water partition coefficient (Wildman–Crippen LogP) is 3.61. The van der Waals surface area contributed by atoms with Crippen molar-refractivity contribution in [2.75, 3.05) is 18.0 Å². The smallest absolute Gasteiger partial charge is 0.0402 e. The SMILES string of the molecule is CCCc1ccccc1N1CC(C)(CC)NCC1C. The van der Waals surface area contributed by atoms with Crippen LogP contribution in [0.5, 0.6) is 0 Å². The standard InChI is InChI=1S/C17H28N2/c1-5-9-15-10-7-8-11-16(15)19-13-17(4,6-2)18-12-14(19)3/h7-8,10-11,14,18H,5-6,9,12-13H2,1-4H3. The highest BCUT2D eigenvalue weighted by molar-refractivity contribution is 5.55. The highest BCUT2D eigenvalue weighted by Crippen LogP contribution is 2.28. The van der Waals surface area contributed by atoms with Gasteiger partial charge in [0.2, 0.25) is 0 Å². The molecule has 0 radical (unpaired) electrons. The summed E-state index contributed by atoms with van der Waals surface area (Å²) in [7, 11) is 0. The molecule has 106 valence electrons. The molecule has 2 nitrogen and oxygen atoms in total. The van der Waals surface area contributed by atoms with Crippen LogP contribution in [0.1, 0.15) is 46.1 Å². The number of aryl methyl sites for hydroxylation is 1. The van der Waals surface area contributed by atoms with Crippen molar-refractivity contribution in [3.8, 4) is 0 Å². The zero-order valence-corrected chi connectivity index (χ0v) is 12.9. The molecule has 1 aliphatic heterocycles. The average Bonchev–Trinajstić information content (AvgIpc) is 2.43. The van der Waals surface area contributed by atoms with E-state index in [0.29, 0.717) is 6.04 Å². The number of nitrogens with zero attached hydrogens (tertiary/aromatic N) is 1. The maximum absolute atomic E-state index is 3.70. The highest BCUT2D eigenvalue weighted by Gasteiger charge is 2.33. The van der Waals surface area contributed by atoms with Gasteiger partial charge in [-0.25, -0.2) is 0 Å². The Morgan fingerprint density at radius 2 is 2.05 bits per heavy atom. The number of hydrogen-bond acceptors (Lipinski definition) is 2. The van der Waals surface area contributed by atoms with Gasteiger partial charge in [-0.05, 0) is 38.3 Å². The summed E-state index contributed by atoms with van der Waals surface area (Å²) in [5.74, 6) is 0. The number of para-hydroxylation sites is 1. The summed E-state index contributed by atoms with van der Waals surface area (Å²) in [6.07, 6.45) is 3.56. The van der Waals surface area contributed by atoms with Crippen LogP contribution in [-0.2, 0) is 6.42 Å². The first-order valence-electron chi connectivity index (χ1n) is 7.69. The van der Waals surface area contributed by atoms with Gasteiger partial charge in [-0.3, -0.25) is 0 Å². The van der Waals surface area contributed by atoms with Gasteiger partial charge < -0.3 is 10.2 Å². The van der Waals surface area contributed by atoms with Crippen molar-refractivity contribution in [3.05, 3.63) is 29.8 Å². The molecular formula is C17H28N2. The first kappa shape index (κ1) is 14.4. The Morgan fingerprint density at radius 1 is 1.32 bits per heavy atom. The van der Waals surface area contributed by atoms with Crippen molar-refractivity contribution < 1.29 is 0 Å². The lowest BCUT2D eigenvalue weighted by atomic mass is 9.92. The molecule has 1 saturated heterocycles. The molecule has 1 aromatic carbocycles. The first-order chi connectivity index (χ1) is 9.09. The minimum absolute atomic E-state index is 0.242. The average molecular weight is 260 g/mol. The van der Waals surface area contributed by atoms with E-state index in [-0.39, 0.29) is 5.54 Å². The summed E-state index contributed by atoms with van der Waals surface area (Å²) in [5.41, 5.74) is 3.18. The summed E-state index contributed by atoms with van der Waals surface area (Å²) in [4.78, 5) is 2.60. The van der Waals surface area contributed by atoms with Crippen molar-refractivity contribution in [2.24, 2.45) is 0 Å². The number of hydrogen-bond donors (Lipinski definition) is 1. The van der Waals surface area contributed by atoms with Gasteiger partial charge in [0.1, 0.15) is 0 Å². The molecule has 1 heterocycles. The molecule has 0 aromatic heterocycles. The Balaban J connectivity index is 2.28. The number of anilines is 1. The third-order valence-corrected chi connectivity index (χ3v) is 4.48. The van der Waals surface area contributed by atoms with Crippen LogP contribution < -0.4 is 10.2 Å². The third-order valence-electron chi connectivity index (χ3n) is 4.48. The summed E-state index contributed by atoms with van der Waals surface area (Å²) < 4.78 is 0. The fraction of sp³-hybridized carbons (Fsp3) is 0.647. The van der Waals surface area contributed by atoms with E-state index in [9.17, 15) is 0 Å². The topological polar surface area (TPSA) is 15.3 Å². The van der Waals surface area contributed by atoms with Gasteiger partial charge in [0, 0.05) is 30.4 Å². The van der Waals surface area contributed by atoms with Crippen molar-refractivity contribution in [3.63, 3.8) is 0 Å². The van der Waals surface area contributed by atoms with Gasteiger partial charge in [0.15, 0.2) is 0 Å². The Labute approximate surface area is 118 Å². The molecule has 2 heteroatoms. The second-order valence-corrected chi connectivity index (χ2v) is 6.15. The molecule has 19 heavy (non-hydrogen) atoms. The van der Waals surface area contributed by atoms with Crippen molar-refractivity contribution in [1.29, 1.82) is 0 Å². The molecule has 0 spiro atoms. The molecule has 1 N–H and O–H groups in total. The Kier molecular flexibility index (Phi) is 4.51. The van der Waals surface area contributed by atoms with Crippen LogP contribution in [0.15, 0.2) is 24.3 Å². The van der Waals surface area contributed by atoms with Crippen LogP contribution in [0, 0.1) is 0 Å². The van der Waals surface area contributed by atoms with Crippen molar-refractivity contribution >= 4 is 5.69 Å². The van der Waals surface area contributed by atoms with Gasteiger partial charge in [-0.2, -0.15) is 0 Å². The normalized spacial score (nSPS) is 27.6. The van der Waals surface area contributed by atoms with Gasteiger partial charge in [-0.15, -0.1) is 0 Å². The van der Waals surface area contributed by atoms with E-state index in [1.54, 1.807) is 0 Å². The van der Waals surface area contributed by atoms with Crippen LogP contribution in [0.3, 0.4) is 0 Å². The lowest BCUT2D eigenvalue weighted by molar-refractivity contribution is 0.285. The van der Waals surface area contributed by atoms with Crippen LogP contribution in [-0.4, -0.2) is 24.7 Å². The fourth-order valence-corrected chi connectivity index (χ4v) is 2.92. The predicted molar refractivity (Wildman–Crippen MR) is 83.9 cm³/mol. The van der Waals surface area contributed by atoms with Crippen LogP contribution in [0.25, 0.3) is 0 Å². The largest absolute Gasteiger partial charge is 0.365 e. The number of piperazine rings is 1. The van der Waals surface area contributed by atoms with Crippen molar-refractivity contribution in [2.45, 2.75) is 58.5 Å². The maximum atomic E-state index is 3.70. The Bertz CT molecular complexity index is 415. The lowest BCUT2D eigenvalue weighted by Gasteiger charge is -2.46. The molecule has 2 atom stereocenters. The van der Waals surface area contributed by atoms with E-state index in [2.05, 4.69) is 62.2 Å². The third kappa shape index (κ3) is 3.11. The molecule has 0 aliphatic carbocycles. The number of benzene rings is 1. The Morgan fingerprint density at radius 3 is 2.74 bits per heavy atom. The quantitative estimate of drug-likeness (QED) is 0.889. The van der Waals surface area contributed by atoms with E-state index >= 15 is 0 Å². The second kappa shape index (κ2) is 5.96. The van der Waals surface area contributed by atoms with Crippen LogP contribution in [0.4, 0.5) is 5.69 Å². The zero-order chi connectivity index (χ0) is 13.9. The first-order valence-corrected chi connectivity index (χ1v) is 7.69. The second-order valence-electron chi connectivity index (χ2n) is 6.15. The van der Waals surface area contributed by atoms with Gasteiger partial charge in [0.05, 0.1) is 0 Å². The van der Waals surface area contributed by atoms with Gasteiger partial charge >= 0.3 is 0 Å². The summed E-state index contributed by atoms with van der Waals surface area (Å²) >= 11 is 0. The Hall–Kier alpha value is -1.02. The van der Waals surface area contributed by atoms with E-state index in [0.717, 1.165) is 13.1 Å². The molecular weight excluding hydrogens is 232 g/mol. The summed E-state index contributed by atoms with van der Waals surface area (Å²) in [6.45, 7) is 11.4. The molecule has 1 fully saturated rings. The molecule has 1 aromatic rings. The number of rotatable bonds is 4. The van der Waals surface area contributed by atoms with Crippen LogP contribution in [0.2, 0.25) is 0 Å². The van der Waals surface area contributed by atoms with Gasteiger partial charge in [0.25, 0.3) is 0 Å². The summed E-state index contributed by atoms with van der Waals surface area (Å²) in [5, 5.41) is 3.70. The minimum Gasteiger partial charge on any atom is -0.365 e. The van der Waals surface area contributed by atoms with E-state index < -0.39 is 0 Å². The molecule has 2 rings (SSSR count). The minimum atomic E-state index is 0.242. The van der Waals surface area contributed by atoms with Crippen molar-refractivity contribution in [1.82, 2.24) is 5.32 Å². The highest BCUT2D eigenvalue weighted by atomic mass is 15.3. The zero-order valence-electron chi connectivity index (χ0n) is 12.9. The van der Waals surface area contributed by atoms with E-state index in [4.69, 9.17) is 0 Å². The molecule has 0 bridgehead atoms.